The Bertz CT molecular complexity index is 751. The summed E-state index contributed by atoms with van der Waals surface area (Å²) in [4.78, 5) is 26.3. The summed E-state index contributed by atoms with van der Waals surface area (Å²) in [6.45, 7) is 0.492. The highest BCUT2D eigenvalue weighted by Gasteiger charge is 2.34. The van der Waals surface area contributed by atoms with Crippen molar-refractivity contribution < 1.29 is 14.7 Å². The van der Waals surface area contributed by atoms with Gasteiger partial charge in [-0.1, -0.05) is 48.0 Å². The third kappa shape index (κ3) is 3.42. The topological polar surface area (TPSA) is 69.6 Å². The molecule has 0 aromatic heterocycles. The first-order chi connectivity index (χ1) is 11.6. The number of carbonyl (C=O) groups excluding carboxylic acids is 2. The number of rotatable bonds is 4. The van der Waals surface area contributed by atoms with Crippen LogP contribution >= 0.6 is 11.6 Å². The first-order valence-corrected chi connectivity index (χ1v) is 8.04. The fourth-order valence-electron chi connectivity index (χ4n) is 2.75. The molecule has 0 bridgehead atoms. The number of nitrogens with one attached hydrogen (secondary N) is 1. The van der Waals surface area contributed by atoms with Crippen LogP contribution in [0.25, 0.3) is 0 Å². The van der Waals surface area contributed by atoms with Crippen molar-refractivity contribution in [2.24, 2.45) is 0 Å². The normalized spacial score (nSPS) is 18.5. The molecule has 3 rings (SSSR count). The van der Waals surface area contributed by atoms with Gasteiger partial charge in [0.1, 0.15) is 6.04 Å². The standard InChI is InChI=1S/C18H17ClN2O3/c19-13-7-4-8-14(11-13)21-10-9-15(18(21)24)20-17(23)16(22)12-5-2-1-3-6-12/h1-8,11,15-16,22H,9-10H2,(H,20,23). The summed E-state index contributed by atoms with van der Waals surface area (Å²) in [5.74, 6) is -0.779. The van der Waals surface area contributed by atoms with Crippen LogP contribution in [0.3, 0.4) is 0 Å². The molecule has 2 aromatic carbocycles. The molecular weight excluding hydrogens is 328 g/mol. The summed E-state index contributed by atoms with van der Waals surface area (Å²) in [6, 6.07) is 15.0. The Labute approximate surface area is 144 Å². The van der Waals surface area contributed by atoms with E-state index in [4.69, 9.17) is 11.6 Å². The van der Waals surface area contributed by atoms with Gasteiger partial charge in [-0.3, -0.25) is 9.59 Å². The first-order valence-electron chi connectivity index (χ1n) is 7.66. The second kappa shape index (κ2) is 7.03. The quantitative estimate of drug-likeness (QED) is 0.894. The van der Waals surface area contributed by atoms with Crippen LogP contribution in [0.5, 0.6) is 0 Å². The monoisotopic (exact) mass is 344 g/mol. The SMILES string of the molecule is O=C(NC1CCN(c2cccc(Cl)c2)C1=O)C(O)c1ccccc1. The van der Waals surface area contributed by atoms with E-state index in [1.165, 1.54) is 0 Å². The number of anilines is 1. The van der Waals surface area contributed by atoms with Crippen LogP contribution in [0.4, 0.5) is 5.69 Å². The number of amides is 2. The summed E-state index contributed by atoms with van der Waals surface area (Å²) >= 11 is 5.96. The van der Waals surface area contributed by atoms with Crippen molar-refractivity contribution in [3.05, 3.63) is 65.2 Å². The van der Waals surface area contributed by atoms with Crippen molar-refractivity contribution in [2.45, 2.75) is 18.6 Å². The summed E-state index contributed by atoms with van der Waals surface area (Å²) in [6.07, 6.45) is -0.808. The van der Waals surface area contributed by atoms with E-state index >= 15 is 0 Å². The van der Waals surface area contributed by atoms with E-state index in [0.29, 0.717) is 29.2 Å². The Morgan fingerprint density at radius 3 is 2.67 bits per heavy atom. The molecule has 2 amide bonds. The van der Waals surface area contributed by atoms with E-state index in [-0.39, 0.29) is 5.91 Å². The van der Waals surface area contributed by atoms with Crippen molar-refractivity contribution in [3.8, 4) is 0 Å². The maximum atomic E-state index is 12.5. The summed E-state index contributed by atoms with van der Waals surface area (Å²) < 4.78 is 0. The zero-order valence-electron chi connectivity index (χ0n) is 12.9. The number of hydrogen-bond acceptors (Lipinski definition) is 3. The number of carbonyl (C=O) groups is 2. The van der Waals surface area contributed by atoms with Gasteiger partial charge in [-0.05, 0) is 30.2 Å². The van der Waals surface area contributed by atoms with Crippen LogP contribution in [-0.2, 0) is 9.59 Å². The first kappa shape index (κ1) is 16.5. The third-order valence-corrected chi connectivity index (χ3v) is 4.24. The van der Waals surface area contributed by atoms with Gasteiger partial charge >= 0.3 is 0 Å². The molecule has 1 fully saturated rings. The Kier molecular flexibility index (Phi) is 4.83. The minimum atomic E-state index is -1.29. The number of aliphatic hydroxyl groups excluding tert-OH is 1. The predicted molar refractivity (Wildman–Crippen MR) is 91.8 cm³/mol. The molecule has 1 saturated heterocycles. The lowest BCUT2D eigenvalue weighted by Crippen LogP contribution is -2.43. The van der Waals surface area contributed by atoms with Crippen molar-refractivity contribution in [1.82, 2.24) is 5.32 Å². The highest BCUT2D eigenvalue weighted by molar-refractivity contribution is 6.31. The minimum absolute atomic E-state index is 0.203. The fourth-order valence-corrected chi connectivity index (χ4v) is 2.94. The Balaban J connectivity index is 1.66. The van der Waals surface area contributed by atoms with Crippen LogP contribution in [0.2, 0.25) is 5.02 Å². The fraction of sp³-hybridized carbons (Fsp3) is 0.222. The number of benzene rings is 2. The average Bonchev–Trinajstić information content (AvgIpc) is 2.95. The molecule has 0 saturated carbocycles. The molecule has 2 N–H and O–H groups in total. The Morgan fingerprint density at radius 2 is 1.96 bits per heavy atom. The molecule has 5 nitrogen and oxygen atoms in total. The maximum absolute atomic E-state index is 12.5. The highest BCUT2D eigenvalue weighted by Crippen LogP contribution is 2.25. The molecule has 1 aliphatic heterocycles. The predicted octanol–water partition coefficient (Wildman–Crippen LogP) is 2.30. The number of halogens is 1. The van der Waals surface area contributed by atoms with Gasteiger partial charge in [0.25, 0.3) is 5.91 Å². The van der Waals surface area contributed by atoms with Crippen molar-refractivity contribution in [2.75, 3.05) is 11.4 Å². The van der Waals surface area contributed by atoms with Gasteiger partial charge in [0.2, 0.25) is 5.91 Å². The largest absolute Gasteiger partial charge is 0.378 e. The third-order valence-electron chi connectivity index (χ3n) is 4.01. The molecule has 124 valence electrons. The lowest BCUT2D eigenvalue weighted by molar-refractivity contribution is -0.132. The van der Waals surface area contributed by atoms with Crippen molar-refractivity contribution in [1.29, 1.82) is 0 Å². The Hall–Kier alpha value is -2.37. The molecule has 0 aliphatic carbocycles. The van der Waals surface area contributed by atoms with E-state index in [1.807, 2.05) is 0 Å². The van der Waals surface area contributed by atoms with Crippen molar-refractivity contribution >= 4 is 29.1 Å². The molecule has 2 aromatic rings. The number of aliphatic hydroxyl groups is 1. The number of nitrogens with zero attached hydrogens (tertiary/aromatic N) is 1. The lowest BCUT2D eigenvalue weighted by Gasteiger charge is -2.18. The minimum Gasteiger partial charge on any atom is -0.378 e. The van der Waals surface area contributed by atoms with Crippen LogP contribution < -0.4 is 10.2 Å². The van der Waals surface area contributed by atoms with Gasteiger partial charge in [-0.25, -0.2) is 0 Å². The van der Waals surface area contributed by atoms with E-state index < -0.39 is 18.1 Å². The summed E-state index contributed by atoms with van der Waals surface area (Å²) in [7, 11) is 0. The van der Waals surface area contributed by atoms with Crippen LogP contribution in [0.1, 0.15) is 18.1 Å². The van der Waals surface area contributed by atoms with E-state index in [0.717, 1.165) is 0 Å². The second-order valence-corrected chi connectivity index (χ2v) is 6.07. The van der Waals surface area contributed by atoms with Crippen LogP contribution in [0.15, 0.2) is 54.6 Å². The Morgan fingerprint density at radius 1 is 1.21 bits per heavy atom. The molecule has 2 atom stereocenters. The van der Waals surface area contributed by atoms with Gasteiger partial charge in [0, 0.05) is 17.3 Å². The maximum Gasteiger partial charge on any atom is 0.254 e. The van der Waals surface area contributed by atoms with E-state index in [1.54, 1.807) is 59.5 Å². The molecule has 0 spiro atoms. The number of hydrogen-bond donors (Lipinski definition) is 2. The molecule has 1 heterocycles. The molecule has 6 heteroatoms. The zero-order chi connectivity index (χ0) is 17.1. The van der Waals surface area contributed by atoms with Gasteiger partial charge in [0.15, 0.2) is 6.10 Å². The summed E-state index contributed by atoms with van der Waals surface area (Å²) in [5, 5.41) is 13.3. The van der Waals surface area contributed by atoms with Gasteiger partial charge in [0.05, 0.1) is 0 Å². The smallest absolute Gasteiger partial charge is 0.254 e. The average molecular weight is 345 g/mol. The zero-order valence-corrected chi connectivity index (χ0v) is 13.6. The molecule has 1 aliphatic rings. The van der Waals surface area contributed by atoms with Crippen molar-refractivity contribution in [3.63, 3.8) is 0 Å². The van der Waals surface area contributed by atoms with E-state index in [2.05, 4.69) is 5.32 Å². The molecule has 2 unspecified atom stereocenters. The van der Waals surface area contributed by atoms with Gasteiger partial charge in [-0.15, -0.1) is 0 Å². The lowest BCUT2D eigenvalue weighted by atomic mass is 10.1. The van der Waals surface area contributed by atoms with Crippen LogP contribution in [-0.4, -0.2) is 29.5 Å². The van der Waals surface area contributed by atoms with Gasteiger partial charge in [-0.2, -0.15) is 0 Å². The van der Waals surface area contributed by atoms with E-state index in [9.17, 15) is 14.7 Å². The second-order valence-electron chi connectivity index (χ2n) is 5.63. The molecule has 24 heavy (non-hydrogen) atoms. The summed E-state index contributed by atoms with van der Waals surface area (Å²) in [5.41, 5.74) is 1.19. The molecule has 0 radical (unpaired) electrons. The molecular formula is C18H17ClN2O3. The van der Waals surface area contributed by atoms with Crippen LogP contribution in [0, 0.1) is 0 Å². The van der Waals surface area contributed by atoms with Gasteiger partial charge < -0.3 is 15.3 Å². The highest BCUT2D eigenvalue weighted by atomic mass is 35.5.